The molecule has 0 aliphatic carbocycles. The van der Waals surface area contributed by atoms with E-state index in [1.165, 1.54) is 16.9 Å². The first-order chi connectivity index (χ1) is 9.06. The van der Waals surface area contributed by atoms with Gasteiger partial charge in [-0.15, -0.1) is 0 Å². The Morgan fingerprint density at radius 3 is 2.89 bits per heavy atom. The fourth-order valence-corrected chi connectivity index (χ4v) is 1.56. The van der Waals surface area contributed by atoms with Gasteiger partial charge in [-0.3, -0.25) is 14.3 Å². The molecule has 0 saturated carbocycles. The average molecular weight is 261 g/mol. The Kier molecular flexibility index (Phi) is 3.65. The molecular formula is C12H13N4O3+. The summed E-state index contributed by atoms with van der Waals surface area (Å²) in [5.74, 6) is -0.878. The second-order valence-electron chi connectivity index (χ2n) is 4.02. The van der Waals surface area contributed by atoms with Crippen molar-refractivity contribution in [3.8, 4) is 11.3 Å². The molecule has 0 aliphatic rings. The van der Waals surface area contributed by atoms with Crippen LogP contribution in [0.25, 0.3) is 11.3 Å². The molecular weight excluding hydrogens is 248 g/mol. The zero-order chi connectivity index (χ0) is 13.8. The van der Waals surface area contributed by atoms with Gasteiger partial charge in [-0.25, -0.2) is 0 Å². The molecule has 7 nitrogen and oxygen atoms in total. The molecule has 0 bridgehead atoms. The lowest BCUT2D eigenvalue weighted by molar-refractivity contribution is -0.752. The summed E-state index contributed by atoms with van der Waals surface area (Å²) in [6.07, 6.45) is 4.72. The Balaban J connectivity index is 2.25. The van der Waals surface area contributed by atoms with Crippen LogP contribution in [0.5, 0.6) is 0 Å². The molecule has 0 amide bonds. The minimum atomic E-state index is -0.878. The second kappa shape index (κ2) is 5.38. The van der Waals surface area contributed by atoms with Gasteiger partial charge >= 0.3 is 5.97 Å². The largest absolute Gasteiger partial charge is 0.481 e. The lowest BCUT2D eigenvalue weighted by atomic mass is 10.2. The number of carboxylic acid groups (broad SMARTS) is 1. The van der Waals surface area contributed by atoms with Gasteiger partial charge in [0.05, 0.1) is 0 Å². The van der Waals surface area contributed by atoms with E-state index in [0.717, 1.165) is 0 Å². The highest BCUT2D eigenvalue weighted by atomic mass is 16.4. The van der Waals surface area contributed by atoms with Gasteiger partial charge in [0, 0.05) is 30.9 Å². The van der Waals surface area contributed by atoms with E-state index in [0.29, 0.717) is 11.3 Å². The number of nitrogens with zero attached hydrogens (tertiary/aromatic N) is 4. The average Bonchev–Trinajstić information content (AvgIpc) is 2.40. The van der Waals surface area contributed by atoms with E-state index < -0.39 is 5.97 Å². The smallest absolute Gasteiger partial charge is 0.309 e. The van der Waals surface area contributed by atoms with Gasteiger partial charge in [-0.1, -0.05) is 4.68 Å². The molecule has 98 valence electrons. The van der Waals surface area contributed by atoms with Crippen LogP contribution in [0.15, 0.2) is 35.5 Å². The monoisotopic (exact) mass is 261 g/mol. The highest BCUT2D eigenvalue weighted by molar-refractivity contribution is 5.66. The number of aryl methyl sites for hydroxylation is 2. The number of carboxylic acids is 1. The maximum atomic E-state index is 11.7. The SMILES string of the molecule is Cn1ccc(=O)c(-c2cc[n+](CCC(=O)O)nc2)n1. The molecule has 2 heterocycles. The molecule has 0 atom stereocenters. The van der Waals surface area contributed by atoms with Gasteiger partial charge in [-0.05, 0) is 5.10 Å². The van der Waals surface area contributed by atoms with E-state index in [2.05, 4.69) is 10.2 Å². The summed E-state index contributed by atoms with van der Waals surface area (Å²) in [5, 5.41) is 16.7. The Morgan fingerprint density at radius 1 is 1.47 bits per heavy atom. The van der Waals surface area contributed by atoms with E-state index in [1.807, 2.05) is 0 Å². The molecule has 2 aromatic rings. The third-order valence-electron chi connectivity index (χ3n) is 2.53. The van der Waals surface area contributed by atoms with Crippen molar-refractivity contribution in [2.75, 3.05) is 0 Å². The Morgan fingerprint density at radius 2 is 2.26 bits per heavy atom. The number of rotatable bonds is 4. The van der Waals surface area contributed by atoms with E-state index >= 15 is 0 Å². The number of hydrogen-bond acceptors (Lipinski definition) is 4. The van der Waals surface area contributed by atoms with Crippen molar-refractivity contribution < 1.29 is 14.6 Å². The van der Waals surface area contributed by atoms with Crippen LogP contribution in [0.3, 0.4) is 0 Å². The third kappa shape index (κ3) is 3.21. The molecule has 2 rings (SSSR count). The predicted molar refractivity (Wildman–Crippen MR) is 65.2 cm³/mol. The highest BCUT2D eigenvalue weighted by Crippen LogP contribution is 2.07. The fourth-order valence-electron chi connectivity index (χ4n) is 1.56. The Bertz CT molecular complexity index is 649. The van der Waals surface area contributed by atoms with Crippen LogP contribution >= 0.6 is 0 Å². The van der Waals surface area contributed by atoms with E-state index in [4.69, 9.17) is 5.11 Å². The standard InChI is InChI=1S/C12H12N4O3/c1-15-5-3-10(17)12(14-15)9-2-6-16(13-8-9)7-4-11(18)19/h2-3,5-6,8H,4,7H2,1H3/p+1. The van der Waals surface area contributed by atoms with Gasteiger partial charge in [0.2, 0.25) is 5.43 Å². The summed E-state index contributed by atoms with van der Waals surface area (Å²) < 4.78 is 3.05. The van der Waals surface area contributed by atoms with E-state index in [9.17, 15) is 9.59 Å². The van der Waals surface area contributed by atoms with Crippen LogP contribution in [0.2, 0.25) is 0 Å². The van der Waals surface area contributed by atoms with E-state index in [1.54, 1.807) is 30.2 Å². The van der Waals surface area contributed by atoms with Crippen molar-refractivity contribution in [2.24, 2.45) is 7.05 Å². The van der Waals surface area contributed by atoms with Gasteiger partial charge in [0.15, 0.2) is 12.7 Å². The van der Waals surface area contributed by atoms with Crippen LogP contribution in [-0.2, 0) is 18.4 Å². The number of aromatic nitrogens is 4. The Labute approximate surface area is 108 Å². The van der Waals surface area contributed by atoms with Crippen molar-refractivity contribution in [3.63, 3.8) is 0 Å². The van der Waals surface area contributed by atoms with Crippen LogP contribution in [-0.4, -0.2) is 26.0 Å². The van der Waals surface area contributed by atoms with Gasteiger partial charge in [0.25, 0.3) is 0 Å². The molecule has 0 saturated heterocycles. The predicted octanol–water partition coefficient (Wildman–Crippen LogP) is -0.395. The summed E-state index contributed by atoms with van der Waals surface area (Å²) in [6.45, 7) is 0.288. The zero-order valence-corrected chi connectivity index (χ0v) is 10.4. The number of hydrogen-bond donors (Lipinski definition) is 1. The van der Waals surface area contributed by atoms with Crippen molar-refractivity contribution >= 4 is 5.97 Å². The molecule has 0 aliphatic heterocycles. The summed E-state index contributed by atoms with van der Waals surface area (Å²) in [6, 6.07) is 3.13. The van der Waals surface area contributed by atoms with Gasteiger partial charge in [-0.2, -0.15) is 5.10 Å². The fraction of sp³-hybridized carbons (Fsp3) is 0.250. The molecule has 1 N–H and O–H groups in total. The van der Waals surface area contributed by atoms with E-state index in [-0.39, 0.29) is 18.4 Å². The maximum absolute atomic E-state index is 11.7. The minimum Gasteiger partial charge on any atom is -0.481 e. The summed E-state index contributed by atoms with van der Waals surface area (Å²) in [5.41, 5.74) is 0.749. The normalized spacial score (nSPS) is 10.4. The van der Waals surface area contributed by atoms with Crippen LogP contribution in [0.4, 0.5) is 0 Å². The van der Waals surface area contributed by atoms with Gasteiger partial charge in [0.1, 0.15) is 18.3 Å². The quantitative estimate of drug-likeness (QED) is 0.757. The zero-order valence-electron chi connectivity index (χ0n) is 10.4. The molecule has 19 heavy (non-hydrogen) atoms. The molecule has 0 radical (unpaired) electrons. The van der Waals surface area contributed by atoms with Crippen molar-refractivity contribution in [1.29, 1.82) is 0 Å². The first-order valence-corrected chi connectivity index (χ1v) is 5.68. The summed E-state index contributed by atoms with van der Waals surface area (Å²) in [4.78, 5) is 22.1. The molecule has 0 fully saturated rings. The Hall–Kier alpha value is -2.57. The second-order valence-corrected chi connectivity index (χ2v) is 4.02. The summed E-state index contributed by atoms with van der Waals surface area (Å²) in [7, 11) is 1.73. The lowest BCUT2D eigenvalue weighted by Crippen LogP contribution is -2.38. The number of aliphatic carboxylic acids is 1. The topological polar surface area (TPSA) is 89.0 Å². The van der Waals surface area contributed by atoms with Crippen molar-refractivity contribution in [2.45, 2.75) is 13.0 Å². The first-order valence-electron chi connectivity index (χ1n) is 5.68. The van der Waals surface area contributed by atoms with Crippen LogP contribution in [0, 0.1) is 0 Å². The van der Waals surface area contributed by atoms with Crippen molar-refractivity contribution in [3.05, 3.63) is 40.9 Å². The third-order valence-corrected chi connectivity index (χ3v) is 2.53. The lowest BCUT2D eigenvalue weighted by Gasteiger charge is -2.00. The molecule has 2 aromatic heterocycles. The van der Waals surface area contributed by atoms with Crippen LogP contribution < -0.4 is 10.1 Å². The first kappa shape index (κ1) is 12.9. The van der Waals surface area contributed by atoms with Gasteiger partial charge < -0.3 is 5.11 Å². The maximum Gasteiger partial charge on any atom is 0.309 e. The molecule has 0 unspecified atom stereocenters. The molecule has 0 spiro atoms. The molecule has 0 aromatic carbocycles. The van der Waals surface area contributed by atoms with Crippen molar-refractivity contribution in [1.82, 2.24) is 14.9 Å². The highest BCUT2D eigenvalue weighted by Gasteiger charge is 2.10. The molecule has 7 heteroatoms. The minimum absolute atomic E-state index is 0.00235. The van der Waals surface area contributed by atoms with Crippen LogP contribution in [0.1, 0.15) is 6.42 Å². The number of carbonyl (C=O) groups is 1. The summed E-state index contributed by atoms with van der Waals surface area (Å²) >= 11 is 0.